The molecule has 1 unspecified atom stereocenters. The quantitative estimate of drug-likeness (QED) is 0.608. The Bertz CT molecular complexity index is 745. The summed E-state index contributed by atoms with van der Waals surface area (Å²) in [6.45, 7) is 5.37. The van der Waals surface area contributed by atoms with Crippen LogP contribution in [0.2, 0.25) is 0 Å². The molecule has 1 aromatic rings. The molecule has 7 nitrogen and oxygen atoms in total. The summed E-state index contributed by atoms with van der Waals surface area (Å²) >= 11 is 0. The number of nitrogens with zero attached hydrogens (tertiary/aromatic N) is 1. The average Bonchev–Trinajstić information content (AvgIpc) is 2.53. The molecule has 1 amide bonds. The van der Waals surface area contributed by atoms with Crippen LogP contribution in [-0.4, -0.2) is 45.2 Å². The maximum Gasteiger partial charge on any atom is 0.331 e. The van der Waals surface area contributed by atoms with Gasteiger partial charge in [-0.25, -0.2) is 13.2 Å². The zero-order valence-corrected chi connectivity index (χ0v) is 14.9. The van der Waals surface area contributed by atoms with E-state index in [1.54, 1.807) is 17.9 Å². The van der Waals surface area contributed by atoms with Crippen molar-refractivity contribution in [3.63, 3.8) is 0 Å². The third kappa shape index (κ3) is 4.05. The number of amides is 1. The number of benzene rings is 1. The van der Waals surface area contributed by atoms with Gasteiger partial charge in [0.2, 0.25) is 5.91 Å². The molecule has 0 fully saturated rings. The number of esters is 1. The maximum atomic E-state index is 12.1. The Morgan fingerprint density at radius 3 is 2.71 bits per heavy atom. The zero-order valence-electron chi connectivity index (χ0n) is 14.0. The number of nitrogens with one attached hydrogen (secondary N) is 1. The Hall–Kier alpha value is -2.09. The molecule has 1 heterocycles. The van der Waals surface area contributed by atoms with Crippen molar-refractivity contribution >= 4 is 27.4 Å². The summed E-state index contributed by atoms with van der Waals surface area (Å²) in [5.74, 6) is -0.599. The van der Waals surface area contributed by atoms with E-state index >= 15 is 0 Å². The lowest BCUT2D eigenvalue weighted by Gasteiger charge is -2.29. The van der Waals surface area contributed by atoms with E-state index in [1.807, 2.05) is 13.8 Å². The van der Waals surface area contributed by atoms with Crippen molar-refractivity contribution in [2.75, 3.05) is 23.7 Å². The lowest BCUT2D eigenvalue weighted by atomic mass is 10.2. The van der Waals surface area contributed by atoms with Crippen LogP contribution in [0.15, 0.2) is 23.1 Å². The highest BCUT2D eigenvalue weighted by molar-refractivity contribution is 7.91. The van der Waals surface area contributed by atoms with Gasteiger partial charge in [0.25, 0.3) is 0 Å². The summed E-state index contributed by atoms with van der Waals surface area (Å²) in [7, 11) is -3.40. The second-order valence-electron chi connectivity index (χ2n) is 5.74. The Kier molecular flexibility index (Phi) is 5.48. The fourth-order valence-corrected chi connectivity index (χ4v) is 3.23. The third-order valence-electron chi connectivity index (χ3n) is 3.91. The average molecular weight is 354 g/mol. The first-order valence-corrected chi connectivity index (χ1v) is 9.53. The molecule has 8 heteroatoms. The van der Waals surface area contributed by atoms with Crippen molar-refractivity contribution in [2.24, 2.45) is 0 Å². The van der Waals surface area contributed by atoms with E-state index in [-0.39, 0.29) is 41.4 Å². The van der Waals surface area contributed by atoms with E-state index in [9.17, 15) is 18.0 Å². The molecule has 1 aliphatic heterocycles. The number of sulfone groups is 1. The van der Waals surface area contributed by atoms with Crippen LogP contribution in [0, 0.1) is 0 Å². The van der Waals surface area contributed by atoms with Gasteiger partial charge in [0.05, 0.1) is 22.9 Å². The van der Waals surface area contributed by atoms with Gasteiger partial charge in [-0.2, -0.15) is 0 Å². The van der Waals surface area contributed by atoms with E-state index in [0.717, 1.165) is 6.42 Å². The second-order valence-corrected chi connectivity index (χ2v) is 8.02. The summed E-state index contributed by atoms with van der Waals surface area (Å²) < 4.78 is 29.1. The summed E-state index contributed by atoms with van der Waals surface area (Å²) in [4.78, 5) is 25.5. The van der Waals surface area contributed by atoms with Crippen LogP contribution < -0.4 is 15.0 Å². The number of ether oxygens (including phenoxy) is 1. The molecule has 0 radical (unpaired) electrons. The number of anilines is 1. The summed E-state index contributed by atoms with van der Waals surface area (Å²) in [5.41, 5.74) is 0.531. The van der Waals surface area contributed by atoms with Crippen molar-refractivity contribution in [3.05, 3.63) is 18.2 Å². The SMILES string of the molecule is CCC(C)NC(=O)CN1CC(=O)Oc2cc(S(=O)(=O)CC)ccc21. The first-order chi connectivity index (χ1) is 11.3. The van der Waals surface area contributed by atoms with Crippen LogP contribution in [0.5, 0.6) is 5.75 Å². The van der Waals surface area contributed by atoms with Gasteiger partial charge in [-0.15, -0.1) is 0 Å². The van der Waals surface area contributed by atoms with Crippen LogP contribution >= 0.6 is 0 Å². The van der Waals surface area contributed by atoms with Gasteiger partial charge in [-0.05, 0) is 25.5 Å². The van der Waals surface area contributed by atoms with E-state index in [2.05, 4.69) is 5.32 Å². The Labute approximate surface area is 141 Å². The molecule has 0 saturated heterocycles. The highest BCUT2D eigenvalue weighted by Crippen LogP contribution is 2.34. The van der Waals surface area contributed by atoms with Crippen molar-refractivity contribution in [2.45, 2.75) is 38.1 Å². The van der Waals surface area contributed by atoms with Gasteiger partial charge in [0, 0.05) is 12.1 Å². The number of rotatable bonds is 6. The number of hydrogen-bond acceptors (Lipinski definition) is 6. The highest BCUT2D eigenvalue weighted by Gasteiger charge is 2.27. The predicted molar refractivity (Wildman–Crippen MR) is 89.9 cm³/mol. The standard InChI is InChI=1S/C16H22N2O5S/c1-4-11(3)17-15(19)9-18-10-16(20)23-14-8-12(6-7-13(14)18)24(21,22)5-2/h6-8,11H,4-5,9-10H2,1-3H3,(H,17,19). The lowest BCUT2D eigenvalue weighted by Crippen LogP contribution is -2.45. The Morgan fingerprint density at radius 2 is 2.08 bits per heavy atom. The monoisotopic (exact) mass is 354 g/mol. The topological polar surface area (TPSA) is 92.8 Å². The first-order valence-electron chi connectivity index (χ1n) is 7.88. The summed E-state index contributed by atoms with van der Waals surface area (Å²) in [6, 6.07) is 4.42. The molecular formula is C16H22N2O5S. The normalized spacial score (nSPS) is 15.5. The lowest BCUT2D eigenvalue weighted by molar-refractivity contribution is -0.133. The van der Waals surface area contributed by atoms with Gasteiger partial charge in [-0.1, -0.05) is 13.8 Å². The maximum absolute atomic E-state index is 12.1. The van der Waals surface area contributed by atoms with Crippen molar-refractivity contribution in [3.8, 4) is 5.75 Å². The molecule has 2 rings (SSSR count). The molecule has 0 saturated carbocycles. The fraction of sp³-hybridized carbons (Fsp3) is 0.500. The van der Waals surface area contributed by atoms with E-state index in [1.165, 1.54) is 12.1 Å². The molecule has 132 valence electrons. The van der Waals surface area contributed by atoms with Crippen LogP contribution in [0.3, 0.4) is 0 Å². The first kappa shape index (κ1) is 18.3. The fourth-order valence-electron chi connectivity index (χ4n) is 2.33. The molecule has 1 N–H and O–H groups in total. The van der Waals surface area contributed by atoms with Gasteiger partial charge >= 0.3 is 5.97 Å². The third-order valence-corrected chi connectivity index (χ3v) is 5.64. The molecule has 1 atom stereocenters. The van der Waals surface area contributed by atoms with Crippen LogP contribution in [0.4, 0.5) is 5.69 Å². The van der Waals surface area contributed by atoms with Gasteiger partial charge in [0.15, 0.2) is 15.6 Å². The highest BCUT2D eigenvalue weighted by atomic mass is 32.2. The molecule has 24 heavy (non-hydrogen) atoms. The minimum absolute atomic E-state index is 0.00626. The number of carbonyl (C=O) groups excluding carboxylic acids is 2. The summed E-state index contributed by atoms with van der Waals surface area (Å²) in [5, 5.41) is 2.84. The Morgan fingerprint density at radius 1 is 1.38 bits per heavy atom. The minimum Gasteiger partial charge on any atom is -0.423 e. The Balaban J connectivity index is 2.26. The molecule has 0 spiro atoms. The molecule has 1 aromatic carbocycles. The van der Waals surface area contributed by atoms with Crippen LogP contribution in [-0.2, 0) is 19.4 Å². The van der Waals surface area contributed by atoms with Crippen molar-refractivity contribution < 1.29 is 22.7 Å². The van der Waals surface area contributed by atoms with E-state index < -0.39 is 15.8 Å². The van der Waals surface area contributed by atoms with Crippen molar-refractivity contribution in [1.82, 2.24) is 5.32 Å². The summed E-state index contributed by atoms with van der Waals surface area (Å²) in [6.07, 6.45) is 0.808. The number of carbonyl (C=O) groups is 2. The smallest absolute Gasteiger partial charge is 0.331 e. The molecular weight excluding hydrogens is 332 g/mol. The van der Waals surface area contributed by atoms with Crippen molar-refractivity contribution in [1.29, 1.82) is 0 Å². The van der Waals surface area contributed by atoms with Gasteiger partial charge in [0.1, 0.15) is 6.54 Å². The van der Waals surface area contributed by atoms with E-state index in [4.69, 9.17) is 4.74 Å². The number of hydrogen-bond donors (Lipinski definition) is 1. The van der Waals surface area contributed by atoms with E-state index in [0.29, 0.717) is 5.69 Å². The molecule has 0 aliphatic carbocycles. The predicted octanol–water partition coefficient (Wildman–Crippen LogP) is 1.12. The van der Waals surface area contributed by atoms with Gasteiger partial charge in [-0.3, -0.25) is 4.79 Å². The molecule has 1 aliphatic rings. The molecule has 0 bridgehead atoms. The van der Waals surface area contributed by atoms with Crippen LogP contribution in [0.1, 0.15) is 27.2 Å². The number of fused-ring (bicyclic) bond motifs is 1. The molecule has 0 aromatic heterocycles. The largest absolute Gasteiger partial charge is 0.423 e. The van der Waals surface area contributed by atoms with Gasteiger partial charge < -0.3 is 15.0 Å². The minimum atomic E-state index is -3.40. The second kappa shape index (κ2) is 7.21. The zero-order chi connectivity index (χ0) is 17.9. The van der Waals surface area contributed by atoms with Crippen LogP contribution in [0.25, 0.3) is 0 Å².